The van der Waals surface area contributed by atoms with Gasteiger partial charge in [-0.05, 0) is 71.3 Å². The van der Waals surface area contributed by atoms with Crippen LogP contribution in [0.4, 0.5) is 11.6 Å². The number of aromatic nitrogens is 4. The summed E-state index contributed by atoms with van der Waals surface area (Å²) in [5.74, 6) is 1.18. The summed E-state index contributed by atoms with van der Waals surface area (Å²) in [7, 11) is 1.56. The Bertz CT molecular complexity index is 1550. The van der Waals surface area contributed by atoms with E-state index in [0.717, 1.165) is 22.4 Å². The van der Waals surface area contributed by atoms with Gasteiger partial charge in [-0.1, -0.05) is 58.6 Å². The lowest BCUT2D eigenvalue weighted by Crippen LogP contribution is -2.31. The van der Waals surface area contributed by atoms with Crippen LogP contribution >= 0.6 is 23.2 Å². The van der Waals surface area contributed by atoms with Crippen molar-refractivity contribution in [1.82, 2.24) is 20.2 Å². The standard InChI is InChI=1S/C27H24Cl2N6O3/c1-15-6-4-5-7-21(15)31-26(36)24-16(2)30-27-32-33-34-35(27)25(24)18-9-11-22(23(13-18)37-3)38-14-17-8-10-19(28)20(29)12-17/h4-13,25H,14H2,1-3H3,(H,31,36)(H,30,32,34). The summed E-state index contributed by atoms with van der Waals surface area (Å²) in [6.07, 6.45) is 0. The Morgan fingerprint density at radius 3 is 2.63 bits per heavy atom. The number of rotatable bonds is 7. The number of aryl methyl sites for hydroxylation is 1. The van der Waals surface area contributed by atoms with E-state index in [-0.39, 0.29) is 12.5 Å². The summed E-state index contributed by atoms with van der Waals surface area (Å²) in [4.78, 5) is 13.6. The molecule has 1 unspecified atom stereocenters. The van der Waals surface area contributed by atoms with Crippen molar-refractivity contribution in [2.75, 3.05) is 17.7 Å². The summed E-state index contributed by atoms with van der Waals surface area (Å²) in [5, 5.41) is 19.1. The minimum atomic E-state index is -0.608. The molecule has 0 saturated carbocycles. The van der Waals surface area contributed by atoms with Gasteiger partial charge in [0.15, 0.2) is 11.5 Å². The van der Waals surface area contributed by atoms with Gasteiger partial charge in [-0.3, -0.25) is 4.79 Å². The Labute approximate surface area is 229 Å². The van der Waals surface area contributed by atoms with Crippen LogP contribution in [0, 0.1) is 6.92 Å². The SMILES string of the molecule is COc1cc(C2C(C(=O)Nc3ccccc3C)=C(C)Nc3nnnn32)ccc1OCc1ccc(Cl)c(Cl)c1. The minimum Gasteiger partial charge on any atom is -0.493 e. The van der Waals surface area contributed by atoms with Crippen LogP contribution in [0.15, 0.2) is 71.9 Å². The number of halogens is 2. The predicted molar refractivity (Wildman–Crippen MR) is 146 cm³/mol. The maximum absolute atomic E-state index is 13.6. The van der Waals surface area contributed by atoms with Crippen LogP contribution in [0.2, 0.25) is 10.0 Å². The first-order valence-corrected chi connectivity index (χ1v) is 12.5. The Morgan fingerprint density at radius 1 is 1.05 bits per heavy atom. The fourth-order valence-electron chi connectivity index (χ4n) is 4.28. The molecule has 1 aliphatic heterocycles. The maximum Gasteiger partial charge on any atom is 0.255 e. The number of nitrogens with zero attached hydrogens (tertiary/aromatic N) is 4. The van der Waals surface area contributed by atoms with Crippen molar-refractivity contribution in [1.29, 1.82) is 0 Å². The van der Waals surface area contributed by atoms with Gasteiger partial charge in [0.25, 0.3) is 5.91 Å². The third kappa shape index (κ3) is 5.03. The highest BCUT2D eigenvalue weighted by atomic mass is 35.5. The van der Waals surface area contributed by atoms with Crippen LogP contribution in [0.5, 0.6) is 11.5 Å². The molecule has 0 radical (unpaired) electrons. The van der Waals surface area contributed by atoms with Crippen LogP contribution in [-0.2, 0) is 11.4 Å². The van der Waals surface area contributed by atoms with Gasteiger partial charge < -0.3 is 20.1 Å². The number of allylic oxidation sites excluding steroid dienone is 1. The molecular formula is C27H24Cl2N6O3. The second-order valence-corrected chi connectivity index (χ2v) is 9.54. The monoisotopic (exact) mass is 550 g/mol. The summed E-state index contributed by atoms with van der Waals surface area (Å²) in [5.41, 5.74) is 4.39. The molecule has 1 aliphatic rings. The van der Waals surface area contributed by atoms with Gasteiger partial charge in [-0.15, -0.1) is 0 Å². The average molecular weight is 551 g/mol. The van der Waals surface area contributed by atoms with Gasteiger partial charge in [0.1, 0.15) is 12.6 Å². The number of hydrogen-bond acceptors (Lipinski definition) is 7. The molecule has 0 fully saturated rings. The Balaban J connectivity index is 1.47. The molecule has 3 aromatic carbocycles. The van der Waals surface area contributed by atoms with E-state index in [9.17, 15) is 4.79 Å². The third-order valence-electron chi connectivity index (χ3n) is 6.23. The summed E-state index contributed by atoms with van der Waals surface area (Å²) in [6.45, 7) is 4.03. The number of carbonyl (C=O) groups is 1. The van der Waals surface area contributed by atoms with Crippen molar-refractivity contribution < 1.29 is 14.3 Å². The quantitative estimate of drug-likeness (QED) is 0.299. The Kier molecular flexibility index (Phi) is 7.22. The molecular weight excluding hydrogens is 527 g/mol. The topological polar surface area (TPSA) is 103 Å². The zero-order chi connectivity index (χ0) is 26.8. The maximum atomic E-state index is 13.6. The van der Waals surface area contributed by atoms with Gasteiger partial charge in [0.2, 0.25) is 5.95 Å². The van der Waals surface area contributed by atoms with Crippen molar-refractivity contribution in [2.45, 2.75) is 26.5 Å². The van der Waals surface area contributed by atoms with E-state index in [1.807, 2.05) is 56.3 Å². The molecule has 4 aromatic rings. The van der Waals surface area contributed by atoms with Crippen LogP contribution in [0.1, 0.15) is 29.7 Å². The van der Waals surface area contributed by atoms with Gasteiger partial charge in [-0.2, -0.15) is 4.68 Å². The van der Waals surface area contributed by atoms with Crippen molar-refractivity contribution >= 4 is 40.7 Å². The van der Waals surface area contributed by atoms with Crippen molar-refractivity contribution in [3.63, 3.8) is 0 Å². The van der Waals surface area contributed by atoms with Gasteiger partial charge >= 0.3 is 0 Å². The molecule has 38 heavy (non-hydrogen) atoms. The number of benzene rings is 3. The molecule has 1 amide bonds. The Hall–Kier alpha value is -4.08. The van der Waals surface area contributed by atoms with Gasteiger partial charge in [-0.25, -0.2) is 0 Å². The first-order chi connectivity index (χ1) is 18.4. The number of carbonyl (C=O) groups excluding carboxylic acids is 1. The van der Waals surface area contributed by atoms with Crippen molar-refractivity contribution in [3.05, 3.63) is 98.7 Å². The average Bonchev–Trinajstić information content (AvgIpc) is 3.37. The predicted octanol–water partition coefficient (Wildman–Crippen LogP) is 5.80. The number of para-hydroxylation sites is 1. The second-order valence-electron chi connectivity index (χ2n) is 8.73. The number of hydrogen-bond donors (Lipinski definition) is 2. The molecule has 194 valence electrons. The van der Waals surface area contributed by atoms with E-state index < -0.39 is 6.04 Å². The van der Waals surface area contributed by atoms with E-state index in [2.05, 4.69) is 26.2 Å². The molecule has 0 bridgehead atoms. The highest BCUT2D eigenvalue weighted by Gasteiger charge is 2.34. The largest absolute Gasteiger partial charge is 0.493 e. The first kappa shape index (κ1) is 25.6. The number of amides is 1. The van der Waals surface area contributed by atoms with Gasteiger partial charge in [0, 0.05) is 11.4 Å². The molecule has 1 atom stereocenters. The molecule has 0 aliphatic carbocycles. The number of fused-ring (bicyclic) bond motifs is 1. The number of anilines is 2. The minimum absolute atomic E-state index is 0.264. The molecule has 9 nitrogen and oxygen atoms in total. The molecule has 0 saturated heterocycles. The molecule has 2 heterocycles. The van der Waals surface area contributed by atoms with E-state index in [0.29, 0.717) is 38.8 Å². The molecule has 5 rings (SSSR count). The van der Waals surface area contributed by atoms with E-state index in [1.54, 1.807) is 30.0 Å². The van der Waals surface area contributed by atoms with Crippen LogP contribution in [-0.4, -0.2) is 33.2 Å². The number of ether oxygens (including phenoxy) is 2. The highest BCUT2D eigenvalue weighted by molar-refractivity contribution is 6.42. The van der Waals surface area contributed by atoms with Crippen LogP contribution in [0.3, 0.4) is 0 Å². The summed E-state index contributed by atoms with van der Waals surface area (Å²) in [6, 6.07) is 17.8. The van der Waals surface area contributed by atoms with Crippen LogP contribution in [0.25, 0.3) is 0 Å². The lowest BCUT2D eigenvalue weighted by atomic mass is 9.94. The third-order valence-corrected chi connectivity index (χ3v) is 6.97. The number of tetrazole rings is 1. The highest BCUT2D eigenvalue weighted by Crippen LogP contribution is 2.39. The fourth-order valence-corrected chi connectivity index (χ4v) is 4.60. The van der Waals surface area contributed by atoms with E-state index >= 15 is 0 Å². The summed E-state index contributed by atoms with van der Waals surface area (Å²) < 4.78 is 13.2. The van der Waals surface area contributed by atoms with E-state index in [4.69, 9.17) is 32.7 Å². The lowest BCUT2D eigenvalue weighted by molar-refractivity contribution is -0.113. The molecule has 0 spiro atoms. The molecule has 2 N–H and O–H groups in total. The fraction of sp³-hybridized carbons (Fsp3) is 0.185. The first-order valence-electron chi connectivity index (χ1n) is 11.7. The normalized spacial score (nSPS) is 14.5. The van der Waals surface area contributed by atoms with Gasteiger partial charge in [0.05, 0.1) is 22.7 Å². The number of nitrogens with one attached hydrogen (secondary N) is 2. The van der Waals surface area contributed by atoms with Crippen molar-refractivity contribution in [3.8, 4) is 11.5 Å². The smallest absolute Gasteiger partial charge is 0.255 e. The Morgan fingerprint density at radius 2 is 1.87 bits per heavy atom. The van der Waals surface area contributed by atoms with Crippen molar-refractivity contribution in [2.24, 2.45) is 0 Å². The summed E-state index contributed by atoms with van der Waals surface area (Å²) >= 11 is 12.1. The zero-order valence-corrected chi connectivity index (χ0v) is 22.3. The zero-order valence-electron chi connectivity index (χ0n) is 20.8. The lowest BCUT2D eigenvalue weighted by Gasteiger charge is -2.28. The molecule has 1 aromatic heterocycles. The number of methoxy groups -OCH3 is 1. The van der Waals surface area contributed by atoms with E-state index in [1.165, 1.54) is 0 Å². The van der Waals surface area contributed by atoms with Crippen LogP contribution < -0.4 is 20.1 Å². The molecule has 11 heteroatoms. The second kappa shape index (κ2) is 10.7.